The topological polar surface area (TPSA) is 0 Å². The van der Waals surface area contributed by atoms with E-state index in [4.69, 9.17) is 0 Å². The summed E-state index contributed by atoms with van der Waals surface area (Å²) >= 11 is 5.64. The van der Waals surface area contributed by atoms with Gasteiger partial charge in [0.05, 0.1) is 0 Å². The number of thioether (sulfide) groups is 1. The van der Waals surface area contributed by atoms with Gasteiger partial charge >= 0.3 is 0 Å². The van der Waals surface area contributed by atoms with Crippen LogP contribution in [0.3, 0.4) is 0 Å². The molecule has 0 amide bonds. The highest BCUT2D eigenvalue weighted by atomic mass is 32.2. The van der Waals surface area contributed by atoms with Crippen molar-refractivity contribution in [3.8, 4) is 0 Å². The quantitative estimate of drug-likeness (QED) is 0.607. The van der Waals surface area contributed by atoms with Gasteiger partial charge in [0.2, 0.25) is 0 Å². The molecule has 0 fully saturated rings. The van der Waals surface area contributed by atoms with Gasteiger partial charge in [-0.05, 0) is 23.8 Å². The molecule has 0 saturated heterocycles. The van der Waals surface area contributed by atoms with Crippen LogP contribution in [0, 0.1) is 17.6 Å². The molecule has 0 N–H and O–H groups in total. The molecule has 0 bridgehead atoms. The van der Waals surface area contributed by atoms with Crippen molar-refractivity contribution >= 4 is 24.4 Å². The summed E-state index contributed by atoms with van der Waals surface area (Å²) < 4.78 is 25.8. The average Bonchev–Trinajstić information content (AvgIpc) is 2.22. The summed E-state index contributed by atoms with van der Waals surface area (Å²) in [5.74, 6) is 1.09. The zero-order valence-electron chi connectivity index (χ0n) is 8.54. The molecular weight excluding hydrogens is 234 g/mol. The smallest absolute Gasteiger partial charge is 0.139 e. The van der Waals surface area contributed by atoms with Gasteiger partial charge in [-0.25, -0.2) is 8.78 Å². The van der Waals surface area contributed by atoms with E-state index in [-0.39, 0.29) is 0 Å². The lowest BCUT2D eigenvalue weighted by molar-refractivity contribution is 0.565. The highest BCUT2D eigenvalue weighted by molar-refractivity contribution is 7.99. The standard InChI is InChI=1S/C11H14F2S2/c1-2-8(6-14)7-15-11-4-3-9(12)5-10(11)13/h3-5,8,14H,2,6-7H2,1H3. The van der Waals surface area contributed by atoms with Gasteiger partial charge in [-0.3, -0.25) is 0 Å². The largest absolute Gasteiger partial charge is 0.207 e. The Labute approximate surface area is 98.9 Å². The Hall–Kier alpha value is -0.220. The molecule has 15 heavy (non-hydrogen) atoms. The van der Waals surface area contributed by atoms with E-state index < -0.39 is 11.6 Å². The molecule has 1 aromatic carbocycles. The van der Waals surface area contributed by atoms with E-state index in [1.54, 1.807) is 0 Å². The van der Waals surface area contributed by atoms with E-state index in [0.717, 1.165) is 24.0 Å². The lowest BCUT2D eigenvalue weighted by Crippen LogP contribution is -2.03. The summed E-state index contributed by atoms with van der Waals surface area (Å²) in [4.78, 5) is 0.511. The molecule has 1 atom stereocenters. The maximum Gasteiger partial charge on any atom is 0.139 e. The molecule has 0 nitrogen and oxygen atoms in total. The Bertz CT molecular complexity index is 311. The number of thiol groups is 1. The third-order valence-corrected chi connectivity index (χ3v) is 4.00. The fourth-order valence-corrected chi connectivity index (χ4v) is 2.79. The van der Waals surface area contributed by atoms with Crippen LogP contribution in [-0.4, -0.2) is 11.5 Å². The van der Waals surface area contributed by atoms with Gasteiger partial charge < -0.3 is 0 Å². The van der Waals surface area contributed by atoms with Crippen molar-refractivity contribution in [1.29, 1.82) is 0 Å². The molecule has 0 aliphatic heterocycles. The Morgan fingerprint density at radius 3 is 2.67 bits per heavy atom. The maximum absolute atomic E-state index is 13.2. The van der Waals surface area contributed by atoms with Crippen molar-refractivity contribution in [2.24, 2.45) is 5.92 Å². The van der Waals surface area contributed by atoms with Crippen molar-refractivity contribution in [2.75, 3.05) is 11.5 Å². The molecule has 0 aliphatic carbocycles. The normalized spacial score (nSPS) is 12.8. The first-order valence-electron chi connectivity index (χ1n) is 4.86. The first kappa shape index (κ1) is 12.8. The highest BCUT2D eigenvalue weighted by Crippen LogP contribution is 2.25. The zero-order valence-corrected chi connectivity index (χ0v) is 10.3. The summed E-state index contributed by atoms with van der Waals surface area (Å²) in [6.07, 6.45) is 1.03. The van der Waals surface area contributed by atoms with Crippen LogP contribution in [0.5, 0.6) is 0 Å². The summed E-state index contributed by atoms with van der Waals surface area (Å²) in [6.45, 7) is 2.09. The third kappa shape index (κ3) is 4.03. The van der Waals surface area contributed by atoms with Gasteiger partial charge in [-0.15, -0.1) is 11.8 Å². The van der Waals surface area contributed by atoms with Crippen molar-refractivity contribution in [3.05, 3.63) is 29.8 Å². The van der Waals surface area contributed by atoms with Gasteiger partial charge in [-0.2, -0.15) is 12.6 Å². The van der Waals surface area contributed by atoms with E-state index in [0.29, 0.717) is 10.8 Å². The van der Waals surface area contributed by atoms with Gasteiger partial charge in [0.25, 0.3) is 0 Å². The molecule has 0 saturated carbocycles. The SMILES string of the molecule is CCC(CS)CSc1ccc(F)cc1F. The number of rotatable bonds is 5. The van der Waals surface area contributed by atoms with Crippen LogP contribution in [0.4, 0.5) is 8.78 Å². The summed E-state index contributed by atoms with van der Waals surface area (Å²) in [5.41, 5.74) is 0. The molecule has 1 aromatic rings. The predicted octanol–water partition coefficient (Wildman–Crippen LogP) is 4.01. The van der Waals surface area contributed by atoms with Crippen molar-refractivity contribution in [3.63, 3.8) is 0 Å². The number of halogens is 2. The summed E-state index contributed by atoms with van der Waals surface area (Å²) in [6, 6.07) is 3.69. The van der Waals surface area contributed by atoms with E-state index in [1.165, 1.54) is 23.9 Å². The van der Waals surface area contributed by atoms with Crippen molar-refractivity contribution in [1.82, 2.24) is 0 Å². The molecule has 0 aromatic heterocycles. The second-order valence-electron chi connectivity index (χ2n) is 3.34. The minimum Gasteiger partial charge on any atom is -0.207 e. The second kappa shape index (κ2) is 6.38. The van der Waals surface area contributed by atoms with E-state index >= 15 is 0 Å². The van der Waals surface area contributed by atoms with Crippen molar-refractivity contribution in [2.45, 2.75) is 18.2 Å². The van der Waals surface area contributed by atoms with Crippen molar-refractivity contribution < 1.29 is 8.78 Å². The molecular formula is C11H14F2S2. The third-order valence-electron chi connectivity index (χ3n) is 2.20. The molecule has 0 aliphatic rings. The van der Waals surface area contributed by atoms with Gasteiger partial charge in [0, 0.05) is 16.7 Å². The minimum atomic E-state index is -0.530. The van der Waals surface area contributed by atoms with Crippen LogP contribution in [0.1, 0.15) is 13.3 Å². The Balaban J connectivity index is 2.57. The zero-order chi connectivity index (χ0) is 11.3. The van der Waals surface area contributed by atoms with Crippen LogP contribution in [0.2, 0.25) is 0 Å². The average molecular weight is 248 g/mol. The van der Waals surface area contributed by atoms with Gasteiger partial charge in [0.1, 0.15) is 11.6 Å². The Morgan fingerprint density at radius 1 is 1.40 bits per heavy atom. The maximum atomic E-state index is 13.2. The van der Waals surface area contributed by atoms with Crippen LogP contribution in [0.15, 0.2) is 23.1 Å². The fourth-order valence-electron chi connectivity index (χ4n) is 1.10. The molecule has 1 unspecified atom stereocenters. The van der Waals surface area contributed by atoms with Gasteiger partial charge in [-0.1, -0.05) is 13.3 Å². The monoisotopic (exact) mass is 248 g/mol. The van der Waals surface area contributed by atoms with Crippen LogP contribution in [0.25, 0.3) is 0 Å². The Morgan fingerprint density at radius 2 is 2.13 bits per heavy atom. The Kier molecular flexibility index (Phi) is 5.47. The predicted molar refractivity (Wildman–Crippen MR) is 64.7 cm³/mol. The minimum absolute atomic E-state index is 0.475. The van der Waals surface area contributed by atoms with Crippen LogP contribution < -0.4 is 0 Å². The number of hydrogen-bond donors (Lipinski definition) is 1. The molecule has 0 heterocycles. The molecule has 0 radical (unpaired) electrons. The first-order chi connectivity index (χ1) is 7.17. The van der Waals surface area contributed by atoms with Gasteiger partial charge in [0.15, 0.2) is 0 Å². The summed E-state index contributed by atoms with van der Waals surface area (Å²) in [5, 5.41) is 0. The number of hydrogen-bond acceptors (Lipinski definition) is 2. The molecule has 4 heteroatoms. The van der Waals surface area contributed by atoms with E-state index in [1.807, 2.05) is 0 Å². The van der Waals surface area contributed by atoms with E-state index in [2.05, 4.69) is 19.6 Å². The lowest BCUT2D eigenvalue weighted by Gasteiger charge is -2.11. The molecule has 0 spiro atoms. The number of benzene rings is 1. The molecule has 1 rings (SSSR count). The fraction of sp³-hybridized carbons (Fsp3) is 0.455. The summed E-state index contributed by atoms with van der Waals surface area (Å²) in [7, 11) is 0. The first-order valence-corrected chi connectivity index (χ1v) is 6.47. The van der Waals surface area contributed by atoms with E-state index in [9.17, 15) is 8.78 Å². The highest BCUT2D eigenvalue weighted by Gasteiger charge is 2.08. The lowest BCUT2D eigenvalue weighted by atomic mass is 10.2. The molecule has 84 valence electrons. The second-order valence-corrected chi connectivity index (χ2v) is 4.77. The van der Waals surface area contributed by atoms with Crippen LogP contribution >= 0.6 is 24.4 Å². The van der Waals surface area contributed by atoms with Crippen LogP contribution in [-0.2, 0) is 0 Å².